The summed E-state index contributed by atoms with van der Waals surface area (Å²) in [7, 11) is 0. The van der Waals surface area contributed by atoms with Crippen LogP contribution in [0.5, 0.6) is 0 Å². The molecule has 0 amide bonds. The van der Waals surface area contributed by atoms with Gasteiger partial charge in [-0.25, -0.2) is 0 Å². The fourth-order valence-corrected chi connectivity index (χ4v) is 2.07. The molecule has 0 atom stereocenters. The van der Waals surface area contributed by atoms with Crippen LogP contribution in [0.3, 0.4) is 0 Å². The lowest BCUT2D eigenvalue weighted by Gasteiger charge is -2.15. The highest BCUT2D eigenvalue weighted by atomic mass is 35.5. The molecule has 3 heteroatoms. The maximum Gasteiger partial charge on any atom is 0.0684 e. The van der Waals surface area contributed by atoms with Crippen LogP contribution in [0.2, 0.25) is 5.02 Å². The highest BCUT2D eigenvalue weighted by molar-refractivity contribution is 6.35. The molecule has 1 aromatic heterocycles. The van der Waals surface area contributed by atoms with Crippen molar-refractivity contribution in [1.29, 1.82) is 5.26 Å². The Kier molecular flexibility index (Phi) is 3.13. The van der Waals surface area contributed by atoms with E-state index in [-0.39, 0.29) is 5.41 Å². The Balaban J connectivity index is 2.27. The van der Waals surface area contributed by atoms with Crippen molar-refractivity contribution >= 4 is 22.5 Å². The first-order valence-corrected chi connectivity index (χ1v) is 6.06. The zero-order valence-corrected chi connectivity index (χ0v) is 10.8. The molecule has 17 heavy (non-hydrogen) atoms. The highest BCUT2D eigenvalue weighted by Gasteiger charge is 2.16. The molecule has 2 nitrogen and oxygen atoms in total. The first-order valence-electron chi connectivity index (χ1n) is 5.68. The Morgan fingerprint density at radius 3 is 2.82 bits per heavy atom. The molecule has 0 aliphatic heterocycles. The molecule has 2 rings (SSSR count). The largest absolute Gasteiger partial charge is 0.347 e. The minimum atomic E-state index is -0.283. The molecule has 0 aliphatic carbocycles. The summed E-state index contributed by atoms with van der Waals surface area (Å²) in [5.41, 5.74) is 0.848. The molecule has 0 N–H and O–H groups in total. The standard InChI is InChI=1S/C14H15ClN2/c1-14(2,10-16)7-9-17-8-6-11-12(15)4-3-5-13(11)17/h3-6,8H,7,9H2,1-2H3. The number of aromatic nitrogens is 1. The van der Waals surface area contributed by atoms with Gasteiger partial charge in [0, 0.05) is 28.7 Å². The van der Waals surface area contributed by atoms with E-state index in [1.54, 1.807) is 0 Å². The summed E-state index contributed by atoms with van der Waals surface area (Å²) >= 11 is 6.12. The van der Waals surface area contributed by atoms with E-state index in [0.717, 1.165) is 28.9 Å². The van der Waals surface area contributed by atoms with Crippen molar-refractivity contribution in [3.05, 3.63) is 35.5 Å². The van der Waals surface area contributed by atoms with Gasteiger partial charge < -0.3 is 4.57 Å². The van der Waals surface area contributed by atoms with Crippen molar-refractivity contribution in [3.8, 4) is 6.07 Å². The van der Waals surface area contributed by atoms with Crippen LogP contribution >= 0.6 is 11.6 Å². The van der Waals surface area contributed by atoms with Crippen molar-refractivity contribution in [2.75, 3.05) is 0 Å². The van der Waals surface area contributed by atoms with E-state index in [1.807, 2.05) is 38.2 Å². The normalized spacial score (nSPS) is 11.6. The van der Waals surface area contributed by atoms with Gasteiger partial charge in [0.2, 0.25) is 0 Å². The van der Waals surface area contributed by atoms with Crippen molar-refractivity contribution in [2.24, 2.45) is 5.41 Å². The molecule has 88 valence electrons. The summed E-state index contributed by atoms with van der Waals surface area (Å²) < 4.78 is 2.15. The molecule has 0 fully saturated rings. The summed E-state index contributed by atoms with van der Waals surface area (Å²) in [4.78, 5) is 0. The van der Waals surface area contributed by atoms with E-state index in [2.05, 4.69) is 16.7 Å². The van der Waals surface area contributed by atoms with Gasteiger partial charge in [0.1, 0.15) is 0 Å². The van der Waals surface area contributed by atoms with Crippen molar-refractivity contribution in [1.82, 2.24) is 4.57 Å². The van der Waals surface area contributed by atoms with E-state index < -0.39 is 0 Å². The number of aryl methyl sites for hydroxylation is 1. The van der Waals surface area contributed by atoms with Crippen LogP contribution in [0.4, 0.5) is 0 Å². The molecule has 1 heterocycles. The third kappa shape index (κ3) is 2.45. The van der Waals surface area contributed by atoms with Crippen molar-refractivity contribution < 1.29 is 0 Å². The molecule has 0 bridgehead atoms. The van der Waals surface area contributed by atoms with Crippen LogP contribution in [-0.4, -0.2) is 4.57 Å². The average Bonchev–Trinajstić information content (AvgIpc) is 2.71. The average molecular weight is 247 g/mol. The van der Waals surface area contributed by atoms with E-state index in [9.17, 15) is 0 Å². The molecular weight excluding hydrogens is 232 g/mol. The minimum absolute atomic E-state index is 0.283. The number of benzene rings is 1. The van der Waals surface area contributed by atoms with Crippen LogP contribution in [0.1, 0.15) is 20.3 Å². The lowest BCUT2D eigenvalue weighted by Crippen LogP contribution is -2.11. The fraction of sp³-hybridized carbons (Fsp3) is 0.357. The smallest absolute Gasteiger partial charge is 0.0684 e. The molecule has 0 aliphatic rings. The van der Waals surface area contributed by atoms with E-state index >= 15 is 0 Å². The summed E-state index contributed by atoms with van der Waals surface area (Å²) in [5, 5.41) is 10.9. The van der Waals surface area contributed by atoms with Gasteiger partial charge >= 0.3 is 0 Å². The molecule has 0 saturated carbocycles. The second kappa shape index (κ2) is 4.43. The highest BCUT2D eigenvalue weighted by Crippen LogP contribution is 2.26. The fourth-order valence-electron chi connectivity index (χ4n) is 1.84. The van der Waals surface area contributed by atoms with Crippen LogP contribution in [0.25, 0.3) is 10.9 Å². The van der Waals surface area contributed by atoms with Crippen LogP contribution in [-0.2, 0) is 6.54 Å². The molecular formula is C14H15ClN2. The zero-order valence-electron chi connectivity index (χ0n) is 10.1. The summed E-state index contributed by atoms with van der Waals surface area (Å²) in [6.45, 7) is 4.77. The Bertz CT molecular complexity index is 575. The zero-order chi connectivity index (χ0) is 12.5. The number of halogens is 1. The number of fused-ring (bicyclic) bond motifs is 1. The van der Waals surface area contributed by atoms with Crippen LogP contribution in [0.15, 0.2) is 30.5 Å². The van der Waals surface area contributed by atoms with Gasteiger partial charge in [-0.05, 0) is 38.5 Å². The van der Waals surface area contributed by atoms with E-state index in [1.165, 1.54) is 0 Å². The van der Waals surface area contributed by atoms with Crippen LogP contribution < -0.4 is 0 Å². The maximum absolute atomic E-state index is 9.00. The lowest BCUT2D eigenvalue weighted by molar-refractivity contribution is 0.417. The summed E-state index contributed by atoms with van der Waals surface area (Å²) in [6, 6.07) is 10.3. The topological polar surface area (TPSA) is 28.7 Å². The number of hydrogen-bond donors (Lipinski definition) is 0. The molecule has 1 aromatic carbocycles. The SMILES string of the molecule is CC(C)(C#N)CCn1ccc2c(Cl)cccc21. The number of nitrogens with zero attached hydrogens (tertiary/aromatic N) is 2. The van der Waals surface area contributed by atoms with Gasteiger partial charge in [0.25, 0.3) is 0 Å². The molecule has 0 unspecified atom stereocenters. The van der Waals surface area contributed by atoms with Gasteiger partial charge in [-0.1, -0.05) is 17.7 Å². The lowest BCUT2D eigenvalue weighted by atomic mass is 9.91. The van der Waals surface area contributed by atoms with Gasteiger partial charge in [0.05, 0.1) is 11.5 Å². The van der Waals surface area contributed by atoms with Crippen molar-refractivity contribution in [2.45, 2.75) is 26.8 Å². The Morgan fingerprint density at radius 2 is 2.12 bits per heavy atom. The number of nitriles is 1. The predicted molar refractivity (Wildman–Crippen MR) is 71.0 cm³/mol. The Hall–Kier alpha value is -1.46. The van der Waals surface area contributed by atoms with Gasteiger partial charge in [-0.2, -0.15) is 5.26 Å². The van der Waals surface area contributed by atoms with Gasteiger partial charge in [-0.15, -0.1) is 0 Å². The number of rotatable bonds is 3. The first kappa shape index (κ1) is 12.0. The van der Waals surface area contributed by atoms with Crippen molar-refractivity contribution in [3.63, 3.8) is 0 Å². The second-order valence-corrected chi connectivity index (χ2v) is 5.33. The molecule has 0 saturated heterocycles. The Labute approximate surface area is 106 Å². The quantitative estimate of drug-likeness (QED) is 0.797. The van der Waals surface area contributed by atoms with E-state index in [4.69, 9.17) is 16.9 Å². The first-order chi connectivity index (χ1) is 8.03. The molecule has 0 radical (unpaired) electrons. The third-order valence-corrected chi connectivity index (χ3v) is 3.37. The van der Waals surface area contributed by atoms with Gasteiger partial charge in [0.15, 0.2) is 0 Å². The van der Waals surface area contributed by atoms with Gasteiger partial charge in [-0.3, -0.25) is 0 Å². The third-order valence-electron chi connectivity index (χ3n) is 3.04. The monoisotopic (exact) mass is 246 g/mol. The van der Waals surface area contributed by atoms with E-state index in [0.29, 0.717) is 0 Å². The number of hydrogen-bond acceptors (Lipinski definition) is 1. The second-order valence-electron chi connectivity index (χ2n) is 4.93. The Morgan fingerprint density at radius 1 is 1.35 bits per heavy atom. The molecule has 0 spiro atoms. The predicted octanol–water partition coefficient (Wildman–Crippen LogP) is 4.23. The molecule has 2 aromatic rings. The summed E-state index contributed by atoms with van der Waals surface area (Å²) in [6.07, 6.45) is 2.86. The maximum atomic E-state index is 9.00. The minimum Gasteiger partial charge on any atom is -0.347 e. The van der Waals surface area contributed by atoms with Crippen LogP contribution in [0, 0.1) is 16.7 Å². The summed E-state index contributed by atoms with van der Waals surface area (Å²) in [5.74, 6) is 0.